The highest BCUT2D eigenvalue weighted by molar-refractivity contribution is 5.93. The number of carbonyl (C=O) groups is 2. The number of benzene rings is 2. The van der Waals surface area contributed by atoms with Gasteiger partial charge in [-0.05, 0) is 37.1 Å². The number of hydrogen-bond donors (Lipinski definition) is 2. The van der Waals surface area contributed by atoms with Gasteiger partial charge in [-0.3, -0.25) is 14.7 Å². The Hall–Kier alpha value is -4.27. The molecular formula is C25H25N3O6. The Bertz CT molecular complexity index is 1260. The Morgan fingerprint density at radius 2 is 1.85 bits per heavy atom. The van der Waals surface area contributed by atoms with Gasteiger partial charge in [-0.25, -0.2) is 14.6 Å². The third kappa shape index (κ3) is 5.37. The Morgan fingerprint density at radius 1 is 1.15 bits per heavy atom. The van der Waals surface area contributed by atoms with Crippen molar-refractivity contribution in [2.24, 2.45) is 0 Å². The van der Waals surface area contributed by atoms with Crippen molar-refractivity contribution in [3.63, 3.8) is 0 Å². The number of nitrogens with zero attached hydrogens (tertiary/aromatic N) is 3. The molecule has 0 unspecified atom stereocenters. The first-order chi connectivity index (χ1) is 16.2. The summed E-state index contributed by atoms with van der Waals surface area (Å²) in [4.78, 5) is 39.3. The average Bonchev–Trinajstić information content (AvgIpc) is 3.11. The molecule has 0 radical (unpaired) electrons. The normalized spacial score (nSPS) is 11.4. The monoisotopic (exact) mass is 463 g/mol. The summed E-state index contributed by atoms with van der Waals surface area (Å²) in [5, 5.41) is 31.0. The summed E-state index contributed by atoms with van der Waals surface area (Å²) in [6.45, 7) is 3.73. The van der Waals surface area contributed by atoms with Crippen LogP contribution in [0.5, 0.6) is 0 Å². The van der Waals surface area contributed by atoms with Crippen molar-refractivity contribution >= 4 is 23.7 Å². The van der Waals surface area contributed by atoms with Crippen molar-refractivity contribution in [1.82, 2.24) is 9.55 Å². The number of nitro benzene ring substituents is 1. The van der Waals surface area contributed by atoms with E-state index in [9.17, 15) is 29.9 Å². The molecule has 34 heavy (non-hydrogen) atoms. The third-order valence-electron chi connectivity index (χ3n) is 5.40. The summed E-state index contributed by atoms with van der Waals surface area (Å²) in [5.74, 6) is -1.85. The molecule has 0 saturated heterocycles. The number of rotatable bonds is 10. The van der Waals surface area contributed by atoms with E-state index in [-0.39, 0.29) is 23.2 Å². The molecule has 0 aliphatic rings. The number of hydrogen-bond acceptors (Lipinski definition) is 5. The molecule has 9 nitrogen and oxygen atoms in total. The lowest BCUT2D eigenvalue weighted by molar-refractivity contribution is -0.384. The van der Waals surface area contributed by atoms with Crippen LogP contribution in [0.25, 0.3) is 11.8 Å². The number of imidazole rings is 1. The van der Waals surface area contributed by atoms with Crippen LogP contribution in [0.1, 0.15) is 52.9 Å². The molecule has 3 aromatic rings. The summed E-state index contributed by atoms with van der Waals surface area (Å²) in [6, 6.07) is 12.8. The molecule has 3 rings (SSSR count). The molecule has 9 heteroatoms. The number of unbranched alkanes of at least 4 members (excludes halogenated alkanes) is 1. The Balaban J connectivity index is 2.25. The standard InChI is InChI=1S/C25H25N3O6/c1-3-4-10-23-26-16(2)21(15-19(25(31)32)13-17-8-6-5-7-9-17)27(23)20-12-11-18(24(29)30)14-22(20)28(33)34/h5-9,11-12,14-15H,3-4,10,13H2,1-2H3,(H,29,30)(H,31,32)/b19-15+. The second kappa shape index (κ2) is 10.6. The molecule has 1 heterocycles. The molecule has 0 fully saturated rings. The topological polar surface area (TPSA) is 136 Å². The fraction of sp³-hybridized carbons (Fsp3) is 0.240. The van der Waals surface area contributed by atoms with Crippen LogP contribution in [0.3, 0.4) is 0 Å². The van der Waals surface area contributed by atoms with Gasteiger partial charge < -0.3 is 10.2 Å². The molecular weight excluding hydrogens is 438 g/mol. The van der Waals surface area contributed by atoms with Gasteiger partial charge in [0.1, 0.15) is 11.5 Å². The van der Waals surface area contributed by atoms with Crippen LogP contribution >= 0.6 is 0 Å². The number of aromatic nitrogens is 2. The lowest BCUT2D eigenvalue weighted by Gasteiger charge is -2.13. The molecule has 0 amide bonds. The highest BCUT2D eigenvalue weighted by Crippen LogP contribution is 2.30. The highest BCUT2D eigenvalue weighted by atomic mass is 16.6. The van der Waals surface area contributed by atoms with Gasteiger partial charge in [-0.15, -0.1) is 0 Å². The molecule has 2 aromatic carbocycles. The molecule has 0 bridgehead atoms. The van der Waals surface area contributed by atoms with Gasteiger partial charge in [0.25, 0.3) is 5.69 Å². The van der Waals surface area contributed by atoms with Gasteiger partial charge in [-0.1, -0.05) is 43.7 Å². The Labute approximate surface area is 196 Å². The third-order valence-corrected chi connectivity index (χ3v) is 5.40. The van der Waals surface area contributed by atoms with E-state index >= 15 is 0 Å². The zero-order valence-electron chi connectivity index (χ0n) is 18.9. The van der Waals surface area contributed by atoms with E-state index in [0.717, 1.165) is 24.5 Å². The maximum absolute atomic E-state index is 12.1. The SMILES string of the molecule is CCCCc1nc(C)c(/C=C(\Cc2ccccc2)C(=O)O)n1-c1ccc(C(=O)O)cc1[N+](=O)[O-]. The van der Waals surface area contributed by atoms with E-state index in [1.807, 2.05) is 37.3 Å². The van der Waals surface area contributed by atoms with Gasteiger partial charge in [0.2, 0.25) is 0 Å². The van der Waals surface area contributed by atoms with Crippen molar-refractivity contribution in [1.29, 1.82) is 0 Å². The van der Waals surface area contributed by atoms with Crippen molar-refractivity contribution < 1.29 is 24.7 Å². The van der Waals surface area contributed by atoms with Crippen LogP contribution < -0.4 is 0 Å². The van der Waals surface area contributed by atoms with E-state index in [4.69, 9.17) is 0 Å². The number of aryl methyl sites for hydroxylation is 2. The minimum atomic E-state index is -1.28. The Morgan fingerprint density at radius 3 is 2.44 bits per heavy atom. The second-order valence-corrected chi connectivity index (χ2v) is 7.84. The van der Waals surface area contributed by atoms with Crippen LogP contribution in [-0.4, -0.2) is 36.6 Å². The number of aromatic carboxylic acids is 1. The van der Waals surface area contributed by atoms with Crippen molar-refractivity contribution in [3.05, 3.63) is 92.6 Å². The van der Waals surface area contributed by atoms with E-state index in [1.54, 1.807) is 11.5 Å². The van der Waals surface area contributed by atoms with Crippen LogP contribution in [0.15, 0.2) is 54.1 Å². The first kappa shape index (κ1) is 24.4. The fourth-order valence-corrected chi connectivity index (χ4v) is 3.70. The van der Waals surface area contributed by atoms with Gasteiger partial charge in [-0.2, -0.15) is 0 Å². The van der Waals surface area contributed by atoms with E-state index in [1.165, 1.54) is 18.2 Å². The van der Waals surface area contributed by atoms with Gasteiger partial charge in [0.05, 0.1) is 21.9 Å². The predicted molar refractivity (Wildman–Crippen MR) is 126 cm³/mol. The zero-order chi connectivity index (χ0) is 24.8. The summed E-state index contributed by atoms with van der Waals surface area (Å²) >= 11 is 0. The van der Waals surface area contributed by atoms with Gasteiger partial charge in [0, 0.05) is 24.5 Å². The number of nitro groups is 1. The van der Waals surface area contributed by atoms with Crippen LogP contribution in [-0.2, 0) is 17.6 Å². The molecule has 0 spiro atoms. The van der Waals surface area contributed by atoms with Crippen molar-refractivity contribution in [3.8, 4) is 5.69 Å². The fourth-order valence-electron chi connectivity index (χ4n) is 3.70. The minimum absolute atomic E-state index is 0.0994. The summed E-state index contributed by atoms with van der Waals surface area (Å²) < 4.78 is 1.57. The molecule has 176 valence electrons. The van der Waals surface area contributed by atoms with Crippen LogP contribution in [0.4, 0.5) is 5.69 Å². The predicted octanol–water partition coefficient (Wildman–Crippen LogP) is 4.84. The number of aliphatic carboxylic acids is 1. The molecule has 0 atom stereocenters. The highest BCUT2D eigenvalue weighted by Gasteiger charge is 2.24. The smallest absolute Gasteiger partial charge is 0.335 e. The molecule has 2 N–H and O–H groups in total. The molecule has 0 aliphatic carbocycles. The maximum atomic E-state index is 12.1. The van der Waals surface area contributed by atoms with Gasteiger partial charge in [0.15, 0.2) is 0 Å². The largest absolute Gasteiger partial charge is 0.478 e. The number of carboxylic acids is 2. The second-order valence-electron chi connectivity index (χ2n) is 7.84. The number of carboxylic acid groups (broad SMARTS) is 2. The average molecular weight is 463 g/mol. The van der Waals surface area contributed by atoms with Crippen LogP contribution in [0, 0.1) is 17.0 Å². The van der Waals surface area contributed by atoms with Crippen LogP contribution in [0.2, 0.25) is 0 Å². The minimum Gasteiger partial charge on any atom is -0.478 e. The molecule has 0 saturated carbocycles. The zero-order valence-corrected chi connectivity index (χ0v) is 18.9. The van der Waals surface area contributed by atoms with Crippen molar-refractivity contribution in [2.75, 3.05) is 0 Å². The summed E-state index contributed by atoms with van der Waals surface area (Å²) in [7, 11) is 0. The lowest BCUT2D eigenvalue weighted by atomic mass is 10.0. The molecule has 0 aliphatic heterocycles. The van der Waals surface area contributed by atoms with E-state index < -0.39 is 22.5 Å². The van der Waals surface area contributed by atoms with E-state index in [2.05, 4.69) is 4.98 Å². The first-order valence-electron chi connectivity index (χ1n) is 10.8. The lowest BCUT2D eigenvalue weighted by Crippen LogP contribution is -2.10. The van der Waals surface area contributed by atoms with Gasteiger partial charge >= 0.3 is 11.9 Å². The first-order valence-corrected chi connectivity index (χ1v) is 10.8. The quantitative estimate of drug-likeness (QED) is 0.249. The summed E-state index contributed by atoms with van der Waals surface area (Å²) in [5.41, 5.74) is 1.36. The molecule has 1 aromatic heterocycles. The van der Waals surface area contributed by atoms with E-state index in [0.29, 0.717) is 23.6 Å². The summed E-state index contributed by atoms with van der Waals surface area (Å²) in [6.07, 6.45) is 3.80. The maximum Gasteiger partial charge on any atom is 0.335 e. The van der Waals surface area contributed by atoms with Crippen molar-refractivity contribution in [2.45, 2.75) is 39.5 Å². The Kier molecular flexibility index (Phi) is 7.57.